The highest BCUT2D eigenvalue weighted by Crippen LogP contribution is 2.31. The Bertz CT molecular complexity index is 1060. The Morgan fingerprint density at radius 2 is 1.77 bits per heavy atom. The van der Waals surface area contributed by atoms with Gasteiger partial charge in [0.1, 0.15) is 21.0 Å². The largest absolute Gasteiger partial charge is 0.468 e. The highest BCUT2D eigenvalue weighted by molar-refractivity contribution is 7.93. The van der Waals surface area contributed by atoms with Crippen LogP contribution in [0, 0.1) is 5.82 Å². The van der Waals surface area contributed by atoms with Crippen LogP contribution in [-0.4, -0.2) is 23.4 Å². The van der Waals surface area contributed by atoms with Gasteiger partial charge < -0.3 is 4.42 Å². The zero-order valence-corrected chi connectivity index (χ0v) is 15.7. The number of sulfonamides is 1. The standard InChI is InChI=1S/C16H14FNO5S3/c17-12-5-7-13(8-6-12)26(21,22)18-11-15(14-3-1-9-23-14)25(19,20)16-4-2-10-24-16/h1-10,15,18H,11H2/t15-/m0/s1. The number of halogens is 1. The minimum absolute atomic E-state index is 0.111. The number of nitrogens with one attached hydrogen (secondary N) is 1. The zero-order chi connectivity index (χ0) is 18.8. The Morgan fingerprint density at radius 1 is 1.04 bits per heavy atom. The van der Waals surface area contributed by atoms with Gasteiger partial charge in [-0.2, -0.15) is 0 Å². The van der Waals surface area contributed by atoms with Crippen LogP contribution in [0.4, 0.5) is 4.39 Å². The summed E-state index contributed by atoms with van der Waals surface area (Å²) in [6.07, 6.45) is 1.32. The smallest absolute Gasteiger partial charge is 0.240 e. The number of benzene rings is 1. The maximum Gasteiger partial charge on any atom is 0.240 e. The predicted octanol–water partition coefficient (Wildman–Crippen LogP) is 2.97. The van der Waals surface area contributed by atoms with Crippen LogP contribution in [0.1, 0.15) is 11.0 Å². The molecule has 0 aliphatic rings. The first-order valence-electron chi connectivity index (χ1n) is 7.37. The van der Waals surface area contributed by atoms with Crippen molar-refractivity contribution in [2.75, 3.05) is 6.54 Å². The lowest BCUT2D eigenvalue weighted by Crippen LogP contribution is -2.31. The molecule has 0 bridgehead atoms. The summed E-state index contributed by atoms with van der Waals surface area (Å²) in [7, 11) is -7.87. The highest BCUT2D eigenvalue weighted by atomic mass is 32.2. The van der Waals surface area contributed by atoms with Crippen molar-refractivity contribution in [1.29, 1.82) is 0 Å². The SMILES string of the molecule is O=S(=O)(NC[C@@H](c1ccco1)S(=O)(=O)c1cccs1)c1ccc(F)cc1. The molecule has 0 spiro atoms. The van der Waals surface area contributed by atoms with Gasteiger partial charge in [-0.1, -0.05) is 6.07 Å². The van der Waals surface area contributed by atoms with Gasteiger partial charge in [-0.3, -0.25) is 0 Å². The monoisotopic (exact) mass is 415 g/mol. The second-order valence-electron chi connectivity index (χ2n) is 5.29. The number of furan rings is 1. The molecule has 3 aromatic rings. The molecule has 6 nitrogen and oxygen atoms in total. The number of thiophene rings is 1. The summed E-state index contributed by atoms with van der Waals surface area (Å²) < 4.78 is 71.0. The van der Waals surface area contributed by atoms with Crippen LogP contribution >= 0.6 is 11.3 Å². The third kappa shape index (κ3) is 3.88. The molecule has 1 N–H and O–H groups in total. The minimum Gasteiger partial charge on any atom is -0.468 e. The van der Waals surface area contributed by atoms with Gasteiger partial charge in [-0.25, -0.2) is 25.9 Å². The van der Waals surface area contributed by atoms with Crippen molar-refractivity contribution in [3.63, 3.8) is 0 Å². The van der Waals surface area contributed by atoms with Crippen LogP contribution in [0.3, 0.4) is 0 Å². The zero-order valence-electron chi connectivity index (χ0n) is 13.2. The molecule has 26 heavy (non-hydrogen) atoms. The van der Waals surface area contributed by atoms with Gasteiger partial charge in [0.2, 0.25) is 10.0 Å². The van der Waals surface area contributed by atoms with Crippen LogP contribution in [0.15, 0.2) is 73.7 Å². The van der Waals surface area contributed by atoms with E-state index in [0.29, 0.717) is 0 Å². The fourth-order valence-electron chi connectivity index (χ4n) is 2.29. The molecule has 0 unspecified atom stereocenters. The van der Waals surface area contributed by atoms with E-state index in [1.54, 1.807) is 11.4 Å². The number of rotatable bonds is 7. The predicted molar refractivity (Wildman–Crippen MR) is 94.5 cm³/mol. The van der Waals surface area contributed by atoms with Gasteiger partial charge in [-0.15, -0.1) is 11.3 Å². The van der Waals surface area contributed by atoms with E-state index in [0.717, 1.165) is 35.6 Å². The van der Waals surface area contributed by atoms with Gasteiger partial charge in [0.15, 0.2) is 9.84 Å². The van der Waals surface area contributed by atoms with Crippen LogP contribution in [0.2, 0.25) is 0 Å². The van der Waals surface area contributed by atoms with Crippen molar-refractivity contribution in [2.45, 2.75) is 14.4 Å². The van der Waals surface area contributed by atoms with Crippen LogP contribution in [0.5, 0.6) is 0 Å². The maximum atomic E-state index is 13.0. The molecular formula is C16H14FNO5S3. The minimum atomic E-state index is -4.01. The number of hydrogen-bond donors (Lipinski definition) is 1. The second-order valence-corrected chi connectivity index (χ2v) is 10.4. The first-order chi connectivity index (χ1) is 12.3. The highest BCUT2D eigenvalue weighted by Gasteiger charge is 2.33. The van der Waals surface area contributed by atoms with Crippen LogP contribution in [0.25, 0.3) is 0 Å². The second kappa shape index (κ2) is 7.31. The van der Waals surface area contributed by atoms with Gasteiger partial charge in [0, 0.05) is 6.54 Å². The number of sulfone groups is 1. The van der Waals surface area contributed by atoms with E-state index in [4.69, 9.17) is 4.42 Å². The van der Waals surface area contributed by atoms with E-state index in [-0.39, 0.29) is 14.9 Å². The van der Waals surface area contributed by atoms with Gasteiger partial charge in [-0.05, 0) is 47.8 Å². The van der Waals surface area contributed by atoms with Crippen LogP contribution < -0.4 is 4.72 Å². The molecule has 10 heteroatoms. The quantitative estimate of drug-likeness (QED) is 0.640. The molecule has 1 atom stereocenters. The molecule has 0 aliphatic carbocycles. The summed E-state index contributed by atoms with van der Waals surface area (Å²) >= 11 is 1.04. The Kier molecular flexibility index (Phi) is 5.28. The molecule has 138 valence electrons. The van der Waals surface area contributed by atoms with Crippen LogP contribution in [-0.2, 0) is 19.9 Å². The summed E-state index contributed by atoms with van der Waals surface area (Å²) in [5.41, 5.74) is 0. The first-order valence-corrected chi connectivity index (χ1v) is 11.3. The summed E-state index contributed by atoms with van der Waals surface area (Å²) in [6.45, 7) is -0.423. The van der Waals surface area contributed by atoms with E-state index in [1.165, 1.54) is 24.5 Å². The molecule has 0 radical (unpaired) electrons. The fraction of sp³-hybridized carbons (Fsp3) is 0.125. The Hall–Kier alpha value is -2.01. The molecule has 0 saturated carbocycles. The van der Waals surface area contributed by atoms with Crippen molar-refractivity contribution < 1.29 is 25.6 Å². The van der Waals surface area contributed by atoms with E-state index >= 15 is 0 Å². The van der Waals surface area contributed by atoms with Crippen molar-refractivity contribution >= 4 is 31.2 Å². The molecule has 0 amide bonds. The fourth-order valence-corrected chi connectivity index (χ4v) is 6.23. The van der Waals surface area contributed by atoms with Crippen molar-refractivity contribution in [2.24, 2.45) is 0 Å². The maximum absolute atomic E-state index is 13.0. The first kappa shape index (κ1) is 18.8. The Balaban J connectivity index is 1.89. The Morgan fingerprint density at radius 3 is 2.35 bits per heavy atom. The van der Waals surface area contributed by atoms with Gasteiger partial charge in [0.05, 0.1) is 11.2 Å². The van der Waals surface area contributed by atoms with E-state index in [9.17, 15) is 21.2 Å². The number of hydrogen-bond acceptors (Lipinski definition) is 6. The molecule has 0 saturated heterocycles. The lowest BCUT2D eigenvalue weighted by molar-refractivity contribution is 0.487. The average Bonchev–Trinajstić information content (AvgIpc) is 3.29. The molecule has 2 heterocycles. The summed E-state index contributed by atoms with van der Waals surface area (Å²) in [5.74, 6) is -0.446. The molecule has 1 aromatic carbocycles. The third-order valence-corrected chi connectivity index (χ3v) is 8.52. The van der Waals surface area contributed by atoms with E-state index in [2.05, 4.69) is 4.72 Å². The molecule has 0 fully saturated rings. The third-order valence-electron chi connectivity index (χ3n) is 3.59. The summed E-state index contributed by atoms with van der Waals surface area (Å²) in [6, 6.07) is 10.3. The van der Waals surface area contributed by atoms with Crippen molar-refractivity contribution in [3.05, 3.63) is 71.8 Å². The summed E-state index contributed by atoms with van der Waals surface area (Å²) in [4.78, 5) is -0.161. The Labute approximate surface area is 154 Å². The van der Waals surface area contributed by atoms with Gasteiger partial charge >= 0.3 is 0 Å². The normalized spacial score (nSPS) is 13.6. The molecule has 2 aromatic heterocycles. The molecular weight excluding hydrogens is 401 g/mol. The lowest BCUT2D eigenvalue weighted by atomic mass is 10.3. The molecule has 3 rings (SSSR count). The average molecular weight is 415 g/mol. The van der Waals surface area contributed by atoms with E-state index < -0.39 is 37.5 Å². The molecule has 0 aliphatic heterocycles. The summed E-state index contributed by atoms with van der Waals surface area (Å²) in [5, 5.41) is 0.390. The van der Waals surface area contributed by atoms with Crippen molar-refractivity contribution in [3.8, 4) is 0 Å². The van der Waals surface area contributed by atoms with Crippen molar-refractivity contribution in [1.82, 2.24) is 4.72 Å². The topological polar surface area (TPSA) is 93.4 Å². The van der Waals surface area contributed by atoms with E-state index in [1.807, 2.05) is 0 Å². The van der Waals surface area contributed by atoms with Gasteiger partial charge in [0.25, 0.3) is 0 Å². The lowest BCUT2D eigenvalue weighted by Gasteiger charge is -2.15.